The van der Waals surface area contributed by atoms with Crippen molar-refractivity contribution in [2.45, 2.75) is 0 Å². The summed E-state index contributed by atoms with van der Waals surface area (Å²) in [4.78, 5) is 0. The normalized spacial score (nSPS) is 13.1. The second kappa shape index (κ2) is 5.51. The molecule has 0 radical (unpaired) electrons. The highest BCUT2D eigenvalue weighted by atomic mass is 16.7. The molecular weight excluding hydrogens is 286 g/mol. The molecule has 0 saturated carbocycles. The van der Waals surface area contributed by atoms with Gasteiger partial charge >= 0.3 is 0 Å². The number of fused-ring (bicyclic) bond motifs is 2. The third-order valence-corrected chi connectivity index (χ3v) is 3.89. The maximum atomic E-state index is 9.53. The van der Waals surface area contributed by atoms with Crippen LogP contribution in [0.4, 0.5) is 0 Å². The Balaban J connectivity index is 1.76. The van der Waals surface area contributed by atoms with Crippen molar-refractivity contribution in [1.82, 2.24) is 0 Å². The number of hydrogen-bond acceptors (Lipinski definition) is 3. The molecule has 0 N–H and O–H groups in total. The Hall–Kier alpha value is -3.25. The van der Waals surface area contributed by atoms with E-state index in [-0.39, 0.29) is 6.79 Å². The fourth-order valence-corrected chi connectivity index (χ4v) is 2.71. The number of nitrogens with zero attached hydrogens (tertiary/aromatic N) is 1. The smallest absolute Gasteiger partial charge is 0.231 e. The number of hydrogen-bond donors (Lipinski definition) is 0. The molecule has 1 aliphatic rings. The Morgan fingerprint density at radius 3 is 2.61 bits per heavy atom. The lowest BCUT2D eigenvalue weighted by molar-refractivity contribution is 0.174. The summed E-state index contributed by atoms with van der Waals surface area (Å²) in [6.45, 7) is 0.248. The molecule has 0 atom stereocenters. The van der Waals surface area contributed by atoms with Gasteiger partial charge in [-0.3, -0.25) is 0 Å². The maximum absolute atomic E-state index is 9.53. The Kier molecular flexibility index (Phi) is 3.21. The third kappa shape index (κ3) is 2.51. The molecule has 3 nitrogen and oxygen atoms in total. The minimum atomic E-state index is 0.248. The lowest BCUT2D eigenvalue weighted by Gasteiger charge is -2.04. The fraction of sp³-hybridized carbons (Fsp3) is 0.0500. The van der Waals surface area contributed by atoms with Gasteiger partial charge in [0, 0.05) is 0 Å². The summed E-state index contributed by atoms with van der Waals surface area (Å²) in [6, 6.07) is 22.1. The van der Waals surface area contributed by atoms with Gasteiger partial charge in [0.05, 0.1) is 11.6 Å². The maximum Gasteiger partial charge on any atom is 0.231 e. The Bertz CT molecular complexity index is 967. The lowest BCUT2D eigenvalue weighted by Crippen LogP contribution is -1.92. The summed E-state index contributed by atoms with van der Waals surface area (Å²) in [5.74, 6) is 1.46. The van der Waals surface area contributed by atoms with Crippen molar-refractivity contribution in [3.05, 3.63) is 71.8 Å². The Morgan fingerprint density at radius 2 is 1.74 bits per heavy atom. The zero-order chi connectivity index (χ0) is 15.6. The van der Waals surface area contributed by atoms with E-state index in [0.29, 0.717) is 5.57 Å². The number of rotatable bonds is 2. The first kappa shape index (κ1) is 13.4. The first-order valence-corrected chi connectivity index (χ1v) is 7.34. The van der Waals surface area contributed by atoms with Gasteiger partial charge in [0.1, 0.15) is 0 Å². The van der Waals surface area contributed by atoms with Crippen LogP contribution < -0.4 is 9.47 Å². The molecule has 3 aromatic rings. The Morgan fingerprint density at radius 1 is 0.913 bits per heavy atom. The van der Waals surface area contributed by atoms with E-state index in [1.165, 1.54) is 0 Å². The standard InChI is InChI=1S/C20H13NO2/c21-12-18(9-14-5-8-19-20(10-14)23-13-22-19)17-7-6-15-3-1-2-4-16(15)11-17/h1-11H,13H2. The van der Waals surface area contributed by atoms with E-state index in [9.17, 15) is 5.26 Å². The molecule has 23 heavy (non-hydrogen) atoms. The lowest BCUT2D eigenvalue weighted by atomic mass is 10.00. The van der Waals surface area contributed by atoms with E-state index in [4.69, 9.17) is 9.47 Å². The van der Waals surface area contributed by atoms with Gasteiger partial charge in [-0.2, -0.15) is 5.26 Å². The van der Waals surface area contributed by atoms with Gasteiger partial charge in [-0.05, 0) is 46.2 Å². The summed E-state index contributed by atoms with van der Waals surface area (Å²) in [5, 5.41) is 11.8. The van der Waals surface area contributed by atoms with Crippen LogP contribution in [0.5, 0.6) is 11.5 Å². The number of allylic oxidation sites excluding steroid dienone is 1. The largest absolute Gasteiger partial charge is 0.454 e. The molecule has 1 heterocycles. The molecular formula is C20H13NO2. The minimum absolute atomic E-state index is 0.248. The molecule has 3 heteroatoms. The fourth-order valence-electron chi connectivity index (χ4n) is 2.71. The number of benzene rings is 3. The molecule has 3 aromatic carbocycles. The highest BCUT2D eigenvalue weighted by Crippen LogP contribution is 2.33. The van der Waals surface area contributed by atoms with Crippen molar-refractivity contribution in [1.29, 1.82) is 5.26 Å². The van der Waals surface area contributed by atoms with E-state index in [0.717, 1.165) is 33.4 Å². The molecule has 4 rings (SSSR count). The predicted octanol–water partition coefficient (Wildman–Crippen LogP) is 4.63. The zero-order valence-corrected chi connectivity index (χ0v) is 12.3. The average molecular weight is 299 g/mol. The van der Waals surface area contributed by atoms with Crippen molar-refractivity contribution in [3.63, 3.8) is 0 Å². The second-order valence-electron chi connectivity index (χ2n) is 5.34. The van der Waals surface area contributed by atoms with Crippen LogP contribution in [0, 0.1) is 11.3 Å². The van der Waals surface area contributed by atoms with Crippen LogP contribution in [-0.2, 0) is 0 Å². The molecule has 0 unspecified atom stereocenters. The van der Waals surface area contributed by atoms with E-state index in [1.807, 2.05) is 54.6 Å². The molecule has 0 bridgehead atoms. The third-order valence-electron chi connectivity index (χ3n) is 3.89. The van der Waals surface area contributed by atoms with Crippen LogP contribution in [0.3, 0.4) is 0 Å². The van der Waals surface area contributed by atoms with Gasteiger partial charge in [0.15, 0.2) is 11.5 Å². The summed E-state index contributed by atoms with van der Waals surface area (Å²) in [5.41, 5.74) is 2.44. The molecule has 0 amide bonds. The van der Waals surface area contributed by atoms with Crippen molar-refractivity contribution in [3.8, 4) is 17.6 Å². The summed E-state index contributed by atoms with van der Waals surface area (Å²) in [6.07, 6.45) is 1.87. The molecule has 110 valence electrons. The first-order chi connectivity index (χ1) is 11.3. The summed E-state index contributed by atoms with van der Waals surface area (Å²) < 4.78 is 10.7. The van der Waals surface area contributed by atoms with Gasteiger partial charge in [-0.15, -0.1) is 0 Å². The number of ether oxygens (including phenoxy) is 2. The van der Waals surface area contributed by atoms with Crippen molar-refractivity contribution in [2.24, 2.45) is 0 Å². The highest BCUT2D eigenvalue weighted by Gasteiger charge is 2.13. The monoisotopic (exact) mass is 299 g/mol. The minimum Gasteiger partial charge on any atom is -0.454 e. The average Bonchev–Trinajstić information content (AvgIpc) is 3.07. The van der Waals surface area contributed by atoms with Crippen molar-refractivity contribution in [2.75, 3.05) is 6.79 Å². The van der Waals surface area contributed by atoms with Gasteiger partial charge in [-0.1, -0.05) is 42.5 Å². The first-order valence-electron chi connectivity index (χ1n) is 7.34. The highest BCUT2D eigenvalue weighted by molar-refractivity contribution is 5.94. The van der Waals surface area contributed by atoms with Gasteiger partial charge in [0.2, 0.25) is 6.79 Å². The predicted molar refractivity (Wildman–Crippen MR) is 90.0 cm³/mol. The SMILES string of the molecule is N#CC(=Cc1ccc2c(c1)OCO2)c1ccc2ccccc2c1. The number of nitriles is 1. The van der Waals surface area contributed by atoms with Crippen LogP contribution in [0.25, 0.3) is 22.4 Å². The molecule has 0 aliphatic carbocycles. The van der Waals surface area contributed by atoms with Crippen LogP contribution >= 0.6 is 0 Å². The quantitative estimate of drug-likeness (QED) is 0.511. The van der Waals surface area contributed by atoms with E-state index in [1.54, 1.807) is 0 Å². The van der Waals surface area contributed by atoms with Crippen LogP contribution in [0.2, 0.25) is 0 Å². The van der Waals surface area contributed by atoms with Crippen molar-refractivity contribution >= 4 is 22.4 Å². The summed E-state index contributed by atoms with van der Waals surface area (Å²) in [7, 11) is 0. The zero-order valence-electron chi connectivity index (χ0n) is 12.3. The van der Waals surface area contributed by atoms with Gasteiger partial charge < -0.3 is 9.47 Å². The molecule has 0 aromatic heterocycles. The Labute approximate surface area is 134 Å². The molecule has 1 aliphatic heterocycles. The van der Waals surface area contributed by atoms with Gasteiger partial charge in [0.25, 0.3) is 0 Å². The molecule has 0 saturated heterocycles. The van der Waals surface area contributed by atoms with Crippen molar-refractivity contribution < 1.29 is 9.47 Å². The summed E-state index contributed by atoms with van der Waals surface area (Å²) >= 11 is 0. The van der Waals surface area contributed by atoms with E-state index in [2.05, 4.69) is 18.2 Å². The molecule has 0 fully saturated rings. The van der Waals surface area contributed by atoms with E-state index < -0.39 is 0 Å². The van der Waals surface area contributed by atoms with Crippen LogP contribution in [0.15, 0.2) is 60.7 Å². The van der Waals surface area contributed by atoms with E-state index >= 15 is 0 Å². The topological polar surface area (TPSA) is 42.2 Å². The van der Waals surface area contributed by atoms with Gasteiger partial charge in [-0.25, -0.2) is 0 Å². The molecule has 0 spiro atoms. The van der Waals surface area contributed by atoms with Crippen LogP contribution in [-0.4, -0.2) is 6.79 Å². The van der Waals surface area contributed by atoms with Crippen LogP contribution in [0.1, 0.15) is 11.1 Å². The second-order valence-corrected chi connectivity index (χ2v) is 5.34.